The van der Waals surface area contributed by atoms with E-state index >= 15 is 0 Å². The number of carbonyl (C=O) groups excluding carboxylic acids is 2. The summed E-state index contributed by atoms with van der Waals surface area (Å²) in [5.74, 6) is 1.13. The third-order valence-electron chi connectivity index (χ3n) is 5.87. The first-order valence-corrected chi connectivity index (χ1v) is 10.2. The summed E-state index contributed by atoms with van der Waals surface area (Å²) in [5, 5.41) is 3.07. The number of aromatic nitrogens is 2. The molecule has 1 aliphatic carbocycles. The average molecular weight is 431 g/mol. The maximum atomic E-state index is 12.8. The van der Waals surface area contributed by atoms with E-state index in [1.165, 1.54) is 0 Å². The van der Waals surface area contributed by atoms with E-state index in [0.717, 1.165) is 11.1 Å². The monoisotopic (exact) mass is 431 g/mol. The number of anilines is 1. The van der Waals surface area contributed by atoms with E-state index in [9.17, 15) is 9.59 Å². The normalized spacial score (nSPS) is 19.1. The van der Waals surface area contributed by atoms with Crippen molar-refractivity contribution in [2.75, 3.05) is 19.5 Å². The molecule has 32 heavy (non-hydrogen) atoms. The number of benzene rings is 2. The molecule has 0 amide bonds. The molecular weight excluding hydrogens is 410 g/mol. The van der Waals surface area contributed by atoms with E-state index in [1.54, 1.807) is 32.5 Å². The lowest BCUT2D eigenvalue weighted by atomic mass is 9.82. The maximum absolute atomic E-state index is 12.8. The Morgan fingerprint density at radius 1 is 1.00 bits per heavy atom. The highest BCUT2D eigenvalue weighted by molar-refractivity contribution is 5.98. The largest absolute Gasteiger partial charge is 0.493 e. The van der Waals surface area contributed by atoms with Crippen molar-refractivity contribution in [2.24, 2.45) is 0 Å². The van der Waals surface area contributed by atoms with Gasteiger partial charge < -0.3 is 19.5 Å². The third-order valence-corrected chi connectivity index (χ3v) is 5.87. The number of hydrogen-bond donors (Lipinski definition) is 1. The van der Waals surface area contributed by atoms with Crippen molar-refractivity contribution in [1.29, 1.82) is 0 Å². The lowest BCUT2D eigenvalue weighted by Crippen LogP contribution is -2.22. The molecule has 162 valence electrons. The second kappa shape index (κ2) is 7.96. The molecule has 2 aromatic carbocycles. The molecule has 1 aliphatic heterocycles. The second-order valence-electron chi connectivity index (χ2n) is 7.71. The van der Waals surface area contributed by atoms with Crippen LogP contribution < -0.4 is 14.8 Å². The van der Waals surface area contributed by atoms with Crippen molar-refractivity contribution >= 4 is 17.7 Å². The molecule has 0 spiro atoms. The van der Waals surface area contributed by atoms with Gasteiger partial charge in [-0.25, -0.2) is 14.8 Å². The van der Waals surface area contributed by atoms with Crippen LogP contribution in [-0.2, 0) is 11.2 Å². The fourth-order valence-electron chi connectivity index (χ4n) is 4.23. The van der Waals surface area contributed by atoms with E-state index in [0.29, 0.717) is 47.1 Å². The molecule has 0 saturated carbocycles. The number of ether oxygens (including phenoxy) is 3. The Labute approximate surface area is 184 Å². The van der Waals surface area contributed by atoms with Crippen molar-refractivity contribution in [2.45, 2.75) is 25.0 Å². The van der Waals surface area contributed by atoms with Crippen LogP contribution in [0.4, 0.5) is 5.95 Å². The van der Waals surface area contributed by atoms with Gasteiger partial charge in [0.05, 0.1) is 31.0 Å². The first-order valence-electron chi connectivity index (χ1n) is 10.2. The standard InChI is InChI=1S/C24H21N3O5/c1-30-20-8-7-13(11-21(20)31-2)14-9-18-17(19(28)10-14)12-25-24(26-18)27-22-15-5-3-4-6-16(15)23(29)32-22/h3-8,11-12,14,22H,9-10H2,1-2H3,(H,25,26,27)/t14-,22+/m0/s1. The SMILES string of the molecule is COc1ccc([C@@H]2CC(=O)c3cnc(N[C@@H]4OC(=O)c5ccccc54)nc3C2)cc1OC. The number of carbonyl (C=O) groups is 2. The Morgan fingerprint density at radius 3 is 2.62 bits per heavy atom. The van der Waals surface area contributed by atoms with Crippen LogP contribution in [0.25, 0.3) is 0 Å². The van der Waals surface area contributed by atoms with Gasteiger partial charge in [-0.05, 0) is 36.1 Å². The number of nitrogens with one attached hydrogen (secondary N) is 1. The smallest absolute Gasteiger partial charge is 0.340 e. The summed E-state index contributed by atoms with van der Waals surface area (Å²) >= 11 is 0. The molecule has 8 heteroatoms. The summed E-state index contributed by atoms with van der Waals surface area (Å²) in [6.45, 7) is 0. The fourth-order valence-corrected chi connectivity index (χ4v) is 4.23. The van der Waals surface area contributed by atoms with Crippen LogP contribution in [0.2, 0.25) is 0 Å². The maximum Gasteiger partial charge on any atom is 0.340 e. The molecule has 0 fully saturated rings. The highest BCUT2D eigenvalue weighted by Gasteiger charge is 2.32. The summed E-state index contributed by atoms with van der Waals surface area (Å²) in [7, 11) is 3.17. The number of cyclic esters (lactones) is 1. The molecule has 2 atom stereocenters. The minimum Gasteiger partial charge on any atom is -0.493 e. The summed E-state index contributed by atoms with van der Waals surface area (Å²) in [4.78, 5) is 33.7. The van der Waals surface area contributed by atoms with Gasteiger partial charge in [-0.1, -0.05) is 24.3 Å². The van der Waals surface area contributed by atoms with Gasteiger partial charge in [-0.15, -0.1) is 0 Å². The molecule has 1 N–H and O–H groups in total. The van der Waals surface area contributed by atoms with Crippen LogP contribution in [0.1, 0.15) is 56.1 Å². The van der Waals surface area contributed by atoms with Crippen LogP contribution in [-0.4, -0.2) is 35.9 Å². The molecule has 2 heterocycles. The number of Topliss-reactive ketones (excluding diaryl/α,β-unsaturated/α-hetero) is 1. The van der Waals surface area contributed by atoms with Crippen molar-refractivity contribution in [3.8, 4) is 11.5 Å². The van der Waals surface area contributed by atoms with Crippen LogP contribution in [0, 0.1) is 0 Å². The molecule has 8 nitrogen and oxygen atoms in total. The number of methoxy groups -OCH3 is 2. The molecule has 0 unspecified atom stereocenters. The zero-order valence-corrected chi connectivity index (χ0v) is 17.6. The van der Waals surface area contributed by atoms with Crippen LogP contribution >= 0.6 is 0 Å². The van der Waals surface area contributed by atoms with Gasteiger partial charge in [0.1, 0.15) is 0 Å². The first-order chi connectivity index (χ1) is 15.6. The van der Waals surface area contributed by atoms with E-state index in [1.807, 2.05) is 30.3 Å². The molecule has 5 rings (SSSR count). The second-order valence-corrected chi connectivity index (χ2v) is 7.71. The molecule has 0 radical (unpaired) electrons. The van der Waals surface area contributed by atoms with E-state index in [4.69, 9.17) is 14.2 Å². The van der Waals surface area contributed by atoms with Gasteiger partial charge in [0.25, 0.3) is 0 Å². The van der Waals surface area contributed by atoms with Gasteiger partial charge >= 0.3 is 5.97 Å². The number of fused-ring (bicyclic) bond motifs is 2. The number of esters is 1. The van der Waals surface area contributed by atoms with E-state index in [2.05, 4.69) is 15.3 Å². The molecule has 3 aromatic rings. The Kier molecular flexibility index (Phi) is 4.97. The predicted octanol–water partition coefficient (Wildman–Crippen LogP) is 3.69. The zero-order valence-electron chi connectivity index (χ0n) is 17.6. The lowest BCUT2D eigenvalue weighted by molar-refractivity contribution is 0.0436. The highest BCUT2D eigenvalue weighted by Crippen LogP contribution is 2.37. The van der Waals surface area contributed by atoms with E-state index < -0.39 is 6.23 Å². The van der Waals surface area contributed by atoms with Crippen molar-refractivity contribution in [1.82, 2.24) is 9.97 Å². The Bertz CT molecular complexity index is 1230. The van der Waals surface area contributed by atoms with Crippen LogP contribution in [0.3, 0.4) is 0 Å². The molecule has 0 saturated heterocycles. The van der Waals surface area contributed by atoms with Crippen LogP contribution in [0.5, 0.6) is 11.5 Å². The summed E-state index contributed by atoms with van der Waals surface area (Å²) in [5.41, 5.74) is 3.42. The van der Waals surface area contributed by atoms with Crippen LogP contribution in [0.15, 0.2) is 48.7 Å². The van der Waals surface area contributed by atoms with Gasteiger partial charge in [0.2, 0.25) is 12.2 Å². The van der Waals surface area contributed by atoms with Crippen molar-refractivity contribution in [3.05, 3.63) is 76.6 Å². The molecule has 2 aliphatic rings. The Morgan fingerprint density at radius 2 is 1.81 bits per heavy atom. The van der Waals surface area contributed by atoms with Gasteiger partial charge in [-0.3, -0.25) is 4.79 Å². The number of rotatable bonds is 5. The summed E-state index contributed by atoms with van der Waals surface area (Å²) in [6.07, 6.45) is 1.82. The van der Waals surface area contributed by atoms with E-state index in [-0.39, 0.29) is 17.7 Å². The minimum absolute atomic E-state index is 0.00442. The fraction of sp³-hybridized carbons (Fsp3) is 0.250. The highest BCUT2D eigenvalue weighted by atomic mass is 16.6. The molecule has 1 aromatic heterocycles. The van der Waals surface area contributed by atoms with Crippen molar-refractivity contribution < 1.29 is 23.8 Å². The van der Waals surface area contributed by atoms with Gasteiger partial charge in [0, 0.05) is 18.2 Å². The quantitative estimate of drug-likeness (QED) is 0.611. The third kappa shape index (κ3) is 3.43. The van der Waals surface area contributed by atoms with Crippen molar-refractivity contribution in [3.63, 3.8) is 0 Å². The van der Waals surface area contributed by atoms with Gasteiger partial charge in [0.15, 0.2) is 17.3 Å². The first kappa shape index (κ1) is 20.0. The van der Waals surface area contributed by atoms with Gasteiger partial charge in [-0.2, -0.15) is 0 Å². The lowest BCUT2D eigenvalue weighted by Gasteiger charge is -2.24. The summed E-state index contributed by atoms with van der Waals surface area (Å²) < 4.78 is 16.1. The predicted molar refractivity (Wildman–Crippen MR) is 115 cm³/mol. The number of hydrogen-bond acceptors (Lipinski definition) is 8. The summed E-state index contributed by atoms with van der Waals surface area (Å²) in [6, 6.07) is 12.9. The molecule has 0 bridgehead atoms. The number of ketones is 1. The topological polar surface area (TPSA) is 99.6 Å². The Balaban J connectivity index is 1.41. The minimum atomic E-state index is -0.669. The molecular formula is C24H21N3O5. The zero-order chi connectivity index (χ0) is 22.2. The average Bonchev–Trinajstić information content (AvgIpc) is 3.13. The number of nitrogens with zero attached hydrogens (tertiary/aromatic N) is 2. The Hall–Kier alpha value is -3.94.